The van der Waals surface area contributed by atoms with Crippen LogP contribution in [0.2, 0.25) is 5.02 Å². The Balaban J connectivity index is 3.02. The zero-order valence-corrected chi connectivity index (χ0v) is 8.52. The van der Waals surface area contributed by atoms with Crippen LogP contribution in [-0.2, 0) is 0 Å². The molecule has 0 saturated heterocycles. The number of carbonyl (C=O) groups is 1. The first-order chi connectivity index (χ1) is 6.06. The maximum Gasteiger partial charge on any atom is 0.345 e. The Morgan fingerprint density at radius 3 is 2.77 bits per heavy atom. The minimum atomic E-state index is -1.01. The summed E-state index contributed by atoms with van der Waals surface area (Å²) in [4.78, 5) is 11.2. The molecule has 1 aromatic rings. The van der Waals surface area contributed by atoms with Gasteiger partial charge in [0.05, 0.1) is 16.0 Å². The largest absolute Gasteiger partial charge is 0.477 e. The Bertz CT molecular complexity index is 321. The van der Waals surface area contributed by atoms with Gasteiger partial charge in [0, 0.05) is 0 Å². The molecule has 0 bridgehead atoms. The smallest absolute Gasteiger partial charge is 0.345 e. The molecule has 1 heterocycles. The minimum absolute atomic E-state index is 0.160. The number of carboxylic acid groups (broad SMARTS) is 1. The van der Waals surface area contributed by atoms with Crippen molar-refractivity contribution in [1.29, 1.82) is 0 Å². The third kappa shape index (κ3) is 2.21. The molecule has 0 aliphatic carbocycles. The van der Waals surface area contributed by atoms with Gasteiger partial charge < -0.3 is 10.2 Å². The summed E-state index contributed by atoms with van der Waals surface area (Å²) in [6.07, 6.45) is -0.134. The summed E-state index contributed by atoms with van der Waals surface area (Å²) >= 11 is 6.77. The SMILES string of the molecule is CCC(O)c1sc(C(=O)O)cc1Cl. The highest BCUT2D eigenvalue weighted by atomic mass is 35.5. The average Bonchev–Trinajstić information content (AvgIpc) is 2.46. The van der Waals surface area contributed by atoms with Crippen LogP contribution in [0.3, 0.4) is 0 Å². The Morgan fingerprint density at radius 1 is 1.77 bits per heavy atom. The Hall–Kier alpha value is -0.580. The van der Waals surface area contributed by atoms with Crippen LogP contribution in [0.4, 0.5) is 0 Å². The van der Waals surface area contributed by atoms with Gasteiger partial charge in [0.15, 0.2) is 0 Å². The topological polar surface area (TPSA) is 57.5 Å². The van der Waals surface area contributed by atoms with Crippen LogP contribution in [0.1, 0.15) is 34.0 Å². The van der Waals surface area contributed by atoms with Crippen LogP contribution in [0.15, 0.2) is 6.07 Å². The standard InChI is InChI=1S/C8H9ClO3S/c1-2-5(10)7-4(9)3-6(13-7)8(11)12/h3,5,10H,2H2,1H3,(H,11,12). The normalized spacial score (nSPS) is 12.8. The van der Waals surface area contributed by atoms with Crippen LogP contribution in [0, 0.1) is 0 Å². The number of carboxylic acids is 1. The summed E-state index contributed by atoms with van der Waals surface area (Å²) in [6, 6.07) is 1.36. The number of hydrogen-bond donors (Lipinski definition) is 2. The van der Waals surface area contributed by atoms with Crippen molar-refractivity contribution in [3.05, 3.63) is 20.8 Å². The fraction of sp³-hybridized carbons (Fsp3) is 0.375. The molecule has 0 amide bonds. The lowest BCUT2D eigenvalue weighted by molar-refractivity contribution is 0.0702. The Morgan fingerprint density at radius 2 is 2.38 bits per heavy atom. The molecule has 5 heteroatoms. The van der Waals surface area contributed by atoms with E-state index in [-0.39, 0.29) is 4.88 Å². The van der Waals surface area contributed by atoms with E-state index >= 15 is 0 Å². The highest BCUT2D eigenvalue weighted by Gasteiger charge is 2.16. The first-order valence-electron chi connectivity index (χ1n) is 3.76. The van der Waals surface area contributed by atoms with Crippen molar-refractivity contribution in [2.24, 2.45) is 0 Å². The predicted octanol–water partition coefficient (Wildman–Crippen LogP) is 2.54. The van der Waals surface area contributed by atoms with Crippen molar-refractivity contribution < 1.29 is 15.0 Å². The van der Waals surface area contributed by atoms with Gasteiger partial charge in [-0.05, 0) is 12.5 Å². The highest BCUT2D eigenvalue weighted by Crippen LogP contribution is 2.33. The minimum Gasteiger partial charge on any atom is -0.477 e. The van der Waals surface area contributed by atoms with Gasteiger partial charge in [0.1, 0.15) is 4.88 Å². The van der Waals surface area contributed by atoms with Crippen LogP contribution in [-0.4, -0.2) is 16.2 Å². The molecule has 1 unspecified atom stereocenters. The first kappa shape index (κ1) is 10.5. The Labute approximate surface area is 84.6 Å². The summed E-state index contributed by atoms with van der Waals surface area (Å²) in [5, 5.41) is 18.4. The van der Waals surface area contributed by atoms with E-state index in [4.69, 9.17) is 16.7 Å². The molecule has 0 fully saturated rings. The summed E-state index contributed by atoms with van der Waals surface area (Å²) in [7, 11) is 0. The molecule has 1 aromatic heterocycles. The quantitative estimate of drug-likeness (QED) is 0.823. The summed E-state index contributed by atoms with van der Waals surface area (Å²) in [6.45, 7) is 1.81. The molecule has 3 nitrogen and oxygen atoms in total. The first-order valence-corrected chi connectivity index (χ1v) is 4.96. The van der Waals surface area contributed by atoms with Gasteiger partial charge in [-0.3, -0.25) is 0 Å². The molecule has 72 valence electrons. The van der Waals surface area contributed by atoms with Crippen molar-refractivity contribution in [2.75, 3.05) is 0 Å². The van der Waals surface area contributed by atoms with E-state index in [2.05, 4.69) is 0 Å². The van der Waals surface area contributed by atoms with E-state index in [1.807, 2.05) is 0 Å². The van der Waals surface area contributed by atoms with Crippen LogP contribution in [0.25, 0.3) is 0 Å². The monoisotopic (exact) mass is 220 g/mol. The van der Waals surface area contributed by atoms with Crippen molar-refractivity contribution in [3.8, 4) is 0 Å². The molecule has 0 aliphatic heterocycles. The van der Waals surface area contributed by atoms with Gasteiger partial charge in [-0.1, -0.05) is 18.5 Å². The lowest BCUT2D eigenvalue weighted by Gasteiger charge is -2.03. The van der Waals surface area contributed by atoms with Gasteiger partial charge in [0.25, 0.3) is 0 Å². The van der Waals surface area contributed by atoms with Gasteiger partial charge in [-0.15, -0.1) is 11.3 Å². The van der Waals surface area contributed by atoms with Gasteiger partial charge >= 0.3 is 5.97 Å². The lowest BCUT2D eigenvalue weighted by atomic mass is 10.2. The second-order valence-corrected chi connectivity index (χ2v) is 4.04. The molecule has 0 saturated carbocycles. The molecule has 0 spiro atoms. The molecule has 2 N–H and O–H groups in total. The molecule has 13 heavy (non-hydrogen) atoms. The van der Waals surface area contributed by atoms with Crippen molar-refractivity contribution >= 4 is 28.9 Å². The molecule has 0 aliphatic rings. The number of hydrogen-bond acceptors (Lipinski definition) is 3. The fourth-order valence-electron chi connectivity index (χ4n) is 0.901. The second kappa shape index (κ2) is 4.09. The van der Waals surface area contributed by atoms with Crippen molar-refractivity contribution in [2.45, 2.75) is 19.4 Å². The van der Waals surface area contributed by atoms with E-state index in [1.165, 1.54) is 6.07 Å². The number of halogens is 1. The number of thiophene rings is 1. The summed E-state index contributed by atoms with van der Waals surface area (Å²) in [5.74, 6) is -1.01. The van der Waals surface area contributed by atoms with E-state index < -0.39 is 12.1 Å². The van der Waals surface area contributed by atoms with E-state index in [9.17, 15) is 9.90 Å². The molecule has 1 rings (SSSR count). The van der Waals surface area contributed by atoms with E-state index in [0.717, 1.165) is 11.3 Å². The van der Waals surface area contributed by atoms with Gasteiger partial charge in [-0.25, -0.2) is 4.79 Å². The maximum atomic E-state index is 10.5. The van der Waals surface area contributed by atoms with Crippen LogP contribution >= 0.6 is 22.9 Å². The summed E-state index contributed by atoms with van der Waals surface area (Å²) in [5.41, 5.74) is 0. The molecule has 1 atom stereocenters. The number of rotatable bonds is 3. The van der Waals surface area contributed by atoms with E-state index in [0.29, 0.717) is 16.3 Å². The third-order valence-corrected chi connectivity index (χ3v) is 3.26. The highest BCUT2D eigenvalue weighted by molar-refractivity contribution is 7.14. The molecular formula is C8H9ClO3S. The Kier molecular flexibility index (Phi) is 3.30. The number of aliphatic hydroxyl groups is 1. The second-order valence-electron chi connectivity index (χ2n) is 2.55. The third-order valence-electron chi connectivity index (χ3n) is 1.61. The summed E-state index contributed by atoms with van der Waals surface area (Å²) < 4.78 is 0. The molecular weight excluding hydrogens is 212 g/mol. The molecule has 0 radical (unpaired) electrons. The van der Waals surface area contributed by atoms with Crippen LogP contribution < -0.4 is 0 Å². The van der Waals surface area contributed by atoms with E-state index in [1.54, 1.807) is 6.92 Å². The predicted molar refractivity (Wildman–Crippen MR) is 51.5 cm³/mol. The number of aromatic carboxylic acids is 1. The van der Waals surface area contributed by atoms with Crippen LogP contribution in [0.5, 0.6) is 0 Å². The van der Waals surface area contributed by atoms with Crippen molar-refractivity contribution in [1.82, 2.24) is 0 Å². The zero-order chi connectivity index (χ0) is 10.0. The average molecular weight is 221 g/mol. The maximum absolute atomic E-state index is 10.5. The van der Waals surface area contributed by atoms with Gasteiger partial charge in [0.2, 0.25) is 0 Å². The number of aliphatic hydroxyl groups excluding tert-OH is 1. The van der Waals surface area contributed by atoms with Gasteiger partial charge in [-0.2, -0.15) is 0 Å². The molecule has 0 aromatic carbocycles. The zero-order valence-electron chi connectivity index (χ0n) is 6.95. The van der Waals surface area contributed by atoms with Crippen molar-refractivity contribution in [3.63, 3.8) is 0 Å². The lowest BCUT2D eigenvalue weighted by Crippen LogP contribution is -1.92. The fourth-order valence-corrected chi connectivity index (χ4v) is 2.28.